The summed E-state index contributed by atoms with van der Waals surface area (Å²) in [7, 11) is 0. The minimum Gasteiger partial charge on any atom is -0.490 e. The molecule has 3 aromatic rings. The maximum Gasteiger partial charge on any atom is 0.255 e. The van der Waals surface area contributed by atoms with Crippen LogP contribution in [0.15, 0.2) is 72.8 Å². The van der Waals surface area contributed by atoms with Crippen LogP contribution < -0.4 is 15.8 Å². The topological polar surface area (TPSA) is 129 Å². The van der Waals surface area contributed by atoms with E-state index in [4.69, 9.17) is 15.9 Å². The first-order valence-electron chi connectivity index (χ1n) is 10.6. The van der Waals surface area contributed by atoms with Crippen LogP contribution in [-0.4, -0.2) is 41.7 Å². The van der Waals surface area contributed by atoms with Crippen molar-refractivity contribution in [2.24, 2.45) is 0 Å². The van der Waals surface area contributed by atoms with E-state index >= 15 is 0 Å². The second-order valence-corrected chi connectivity index (χ2v) is 7.40. The standard InChI is InChI=1S/C26H26FN3O4/c27-19-9-6-17(7-10-19)8-12-21(28)24-22(29)13-11-20(25(24)34-15-14-31)26(33)30-23(16-32)18-4-2-1-3-5-18/h1-13,23,28,31-32H,14-16,29H2,(H,30,33)/b12-8+,28-21?/t23-/m1/s1. The highest BCUT2D eigenvalue weighted by Crippen LogP contribution is 2.31. The number of nitrogens with one attached hydrogen (secondary N) is 2. The molecule has 176 valence electrons. The monoisotopic (exact) mass is 463 g/mol. The van der Waals surface area contributed by atoms with Gasteiger partial charge < -0.3 is 31.4 Å². The number of allylic oxidation sites excluding steroid dienone is 1. The molecule has 1 amide bonds. The molecule has 0 aliphatic heterocycles. The van der Waals surface area contributed by atoms with Crippen LogP contribution in [0, 0.1) is 11.2 Å². The number of hydrogen-bond donors (Lipinski definition) is 5. The molecule has 0 fully saturated rings. The van der Waals surface area contributed by atoms with Gasteiger partial charge in [0.1, 0.15) is 18.2 Å². The van der Waals surface area contributed by atoms with Crippen molar-refractivity contribution in [1.29, 1.82) is 5.41 Å². The lowest BCUT2D eigenvalue weighted by Gasteiger charge is -2.20. The summed E-state index contributed by atoms with van der Waals surface area (Å²) in [5, 5.41) is 30.4. The molecular weight excluding hydrogens is 437 g/mol. The number of aliphatic hydroxyl groups is 2. The number of aliphatic hydroxyl groups excluding tert-OH is 2. The largest absolute Gasteiger partial charge is 0.490 e. The summed E-state index contributed by atoms with van der Waals surface area (Å²) in [6.07, 6.45) is 3.08. The zero-order valence-corrected chi connectivity index (χ0v) is 18.4. The number of benzene rings is 3. The molecule has 0 aliphatic carbocycles. The van der Waals surface area contributed by atoms with Crippen LogP contribution in [0.1, 0.15) is 33.1 Å². The third-order valence-corrected chi connectivity index (χ3v) is 5.04. The van der Waals surface area contributed by atoms with Crippen molar-refractivity contribution in [2.45, 2.75) is 6.04 Å². The number of hydrogen-bond acceptors (Lipinski definition) is 6. The number of anilines is 1. The number of halogens is 1. The number of carbonyl (C=O) groups excluding carboxylic acids is 1. The van der Waals surface area contributed by atoms with Gasteiger partial charge >= 0.3 is 0 Å². The van der Waals surface area contributed by atoms with E-state index < -0.39 is 11.9 Å². The summed E-state index contributed by atoms with van der Waals surface area (Å²) in [5.41, 5.74) is 7.98. The molecule has 0 aliphatic rings. The number of rotatable bonds is 10. The second kappa shape index (κ2) is 11.7. The molecule has 3 aromatic carbocycles. The maximum atomic E-state index is 13.1. The first kappa shape index (κ1) is 24.6. The van der Waals surface area contributed by atoms with Crippen LogP contribution in [0.25, 0.3) is 6.08 Å². The van der Waals surface area contributed by atoms with E-state index in [9.17, 15) is 19.4 Å². The lowest BCUT2D eigenvalue weighted by molar-refractivity contribution is 0.0910. The molecule has 3 rings (SSSR count). The lowest BCUT2D eigenvalue weighted by Crippen LogP contribution is -2.31. The Morgan fingerprint density at radius 2 is 1.79 bits per heavy atom. The van der Waals surface area contributed by atoms with Gasteiger partial charge in [-0.25, -0.2) is 4.39 Å². The van der Waals surface area contributed by atoms with Crippen LogP contribution in [0.2, 0.25) is 0 Å². The van der Waals surface area contributed by atoms with Crippen molar-refractivity contribution >= 4 is 23.4 Å². The number of ether oxygens (including phenoxy) is 1. The minimum absolute atomic E-state index is 0.0359. The highest BCUT2D eigenvalue weighted by atomic mass is 19.1. The SMILES string of the molecule is N=C(/C=C/c1ccc(F)cc1)c1c(N)ccc(C(=O)N[C@H](CO)c2ccccc2)c1OCCO. The van der Waals surface area contributed by atoms with Gasteiger partial charge in [0.2, 0.25) is 0 Å². The Labute approximate surface area is 196 Å². The second-order valence-electron chi connectivity index (χ2n) is 7.40. The van der Waals surface area contributed by atoms with Crippen molar-refractivity contribution in [3.63, 3.8) is 0 Å². The van der Waals surface area contributed by atoms with Crippen molar-refractivity contribution < 1.29 is 24.1 Å². The van der Waals surface area contributed by atoms with E-state index in [1.165, 1.54) is 30.3 Å². The smallest absolute Gasteiger partial charge is 0.255 e. The van der Waals surface area contributed by atoms with Gasteiger partial charge in [-0.2, -0.15) is 0 Å². The summed E-state index contributed by atoms with van der Waals surface area (Å²) in [5.74, 6) is -0.857. The predicted octanol–water partition coefficient (Wildman–Crippen LogP) is 3.32. The van der Waals surface area contributed by atoms with Crippen molar-refractivity contribution in [3.8, 4) is 5.75 Å². The predicted molar refractivity (Wildman–Crippen MR) is 129 cm³/mol. The zero-order valence-electron chi connectivity index (χ0n) is 18.4. The number of nitrogen functional groups attached to an aromatic ring is 1. The van der Waals surface area contributed by atoms with E-state index in [1.54, 1.807) is 42.5 Å². The van der Waals surface area contributed by atoms with E-state index in [2.05, 4.69) is 5.32 Å². The van der Waals surface area contributed by atoms with Crippen molar-refractivity contribution in [1.82, 2.24) is 5.32 Å². The molecule has 0 saturated heterocycles. The van der Waals surface area contributed by atoms with Gasteiger partial charge in [-0.05, 0) is 41.5 Å². The Bertz CT molecular complexity index is 1160. The van der Waals surface area contributed by atoms with Gasteiger partial charge in [0.05, 0.1) is 36.1 Å². The van der Waals surface area contributed by atoms with Crippen LogP contribution in [-0.2, 0) is 0 Å². The van der Waals surface area contributed by atoms with Gasteiger partial charge in [0.15, 0.2) is 0 Å². The molecule has 0 spiro atoms. The Hall–Kier alpha value is -4.01. The average molecular weight is 464 g/mol. The third-order valence-electron chi connectivity index (χ3n) is 5.04. The molecule has 1 atom stereocenters. The molecule has 0 radical (unpaired) electrons. The molecule has 0 saturated carbocycles. The van der Waals surface area contributed by atoms with E-state index in [1.807, 2.05) is 6.07 Å². The zero-order chi connectivity index (χ0) is 24.5. The Morgan fingerprint density at radius 3 is 2.44 bits per heavy atom. The highest BCUT2D eigenvalue weighted by Gasteiger charge is 2.23. The number of nitrogens with two attached hydrogens (primary N) is 1. The molecule has 0 aromatic heterocycles. The average Bonchev–Trinajstić information content (AvgIpc) is 2.85. The maximum absolute atomic E-state index is 13.1. The van der Waals surface area contributed by atoms with E-state index in [0.29, 0.717) is 5.56 Å². The molecule has 6 N–H and O–H groups in total. The van der Waals surface area contributed by atoms with Gasteiger partial charge in [0.25, 0.3) is 5.91 Å². The minimum atomic E-state index is -0.654. The molecule has 34 heavy (non-hydrogen) atoms. The first-order chi connectivity index (χ1) is 16.4. The Kier molecular flexibility index (Phi) is 8.50. The Balaban J connectivity index is 1.94. The molecular formula is C26H26FN3O4. The fourth-order valence-electron chi connectivity index (χ4n) is 3.34. The molecule has 0 unspecified atom stereocenters. The fourth-order valence-corrected chi connectivity index (χ4v) is 3.34. The first-order valence-corrected chi connectivity index (χ1v) is 10.6. The molecule has 7 nitrogen and oxygen atoms in total. The van der Waals surface area contributed by atoms with E-state index in [-0.39, 0.29) is 53.9 Å². The van der Waals surface area contributed by atoms with Gasteiger partial charge in [-0.15, -0.1) is 0 Å². The van der Waals surface area contributed by atoms with Gasteiger partial charge in [0, 0.05) is 5.69 Å². The Morgan fingerprint density at radius 1 is 1.09 bits per heavy atom. The number of amides is 1. The summed E-state index contributed by atoms with van der Waals surface area (Å²) < 4.78 is 18.8. The molecule has 0 heterocycles. The lowest BCUT2D eigenvalue weighted by atomic mass is 10.00. The van der Waals surface area contributed by atoms with Crippen molar-refractivity contribution in [3.05, 3.63) is 101 Å². The summed E-state index contributed by atoms with van der Waals surface area (Å²) in [6, 6.07) is 17.1. The normalized spacial score (nSPS) is 11.9. The van der Waals surface area contributed by atoms with Crippen LogP contribution >= 0.6 is 0 Å². The fraction of sp³-hybridized carbons (Fsp3) is 0.154. The van der Waals surface area contributed by atoms with E-state index in [0.717, 1.165) is 5.56 Å². The quantitative estimate of drug-likeness (QED) is 0.233. The summed E-state index contributed by atoms with van der Waals surface area (Å²) in [6.45, 7) is -0.744. The highest BCUT2D eigenvalue weighted by molar-refractivity contribution is 6.15. The van der Waals surface area contributed by atoms with Gasteiger partial charge in [-0.1, -0.05) is 48.5 Å². The van der Waals surface area contributed by atoms with Crippen LogP contribution in [0.3, 0.4) is 0 Å². The van der Waals surface area contributed by atoms with Crippen LogP contribution in [0.4, 0.5) is 10.1 Å². The molecule has 0 bridgehead atoms. The number of carbonyl (C=O) groups is 1. The third kappa shape index (κ3) is 6.06. The van der Waals surface area contributed by atoms with Crippen LogP contribution in [0.5, 0.6) is 5.75 Å². The van der Waals surface area contributed by atoms with Gasteiger partial charge in [-0.3, -0.25) is 4.79 Å². The molecule has 8 heteroatoms. The summed E-state index contributed by atoms with van der Waals surface area (Å²) in [4.78, 5) is 13.1. The van der Waals surface area contributed by atoms with Crippen molar-refractivity contribution in [2.75, 3.05) is 25.6 Å². The summed E-state index contributed by atoms with van der Waals surface area (Å²) >= 11 is 0.